The maximum atomic E-state index is 14.8. The number of nitrogens with one attached hydrogen (secondary N) is 1. The van der Waals surface area contributed by atoms with Crippen LogP contribution in [0.1, 0.15) is 18.9 Å². The van der Waals surface area contributed by atoms with E-state index in [-0.39, 0.29) is 35.4 Å². The smallest absolute Gasteiger partial charge is 0.270 e. The predicted octanol–water partition coefficient (Wildman–Crippen LogP) is 4.91. The first kappa shape index (κ1) is 25.2. The monoisotopic (exact) mass is 524 g/mol. The summed E-state index contributed by atoms with van der Waals surface area (Å²) in [7, 11) is 0. The number of rotatable bonds is 9. The highest BCUT2D eigenvalue weighted by Crippen LogP contribution is 2.32. The van der Waals surface area contributed by atoms with Crippen LogP contribution in [0.4, 0.5) is 14.6 Å². The lowest BCUT2D eigenvalue weighted by Crippen LogP contribution is -2.21. The Morgan fingerprint density at radius 1 is 1.16 bits per heavy atom. The molecule has 2 aromatic carbocycles. The molecule has 5 rings (SSSR count). The average Bonchev–Trinajstić information content (AvgIpc) is 3.57. The van der Waals surface area contributed by atoms with Crippen LogP contribution in [-0.4, -0.2) is 51.3 Å². The van der Waals surface area contributed by atoms with Crippen molar-refractivity contribution in [1.29, 1.82) is 0 Å². The summed E-state index contributed by atoms with van der Waals surface area (Å²) in [5.41, 5.74) is 8.54. The van der Waals surface area contributed by atoms with E-state index in [4.69, 9.17) is 14.9 Å². The van der Waals surface area contributed by atoms with Crippen molar-refractivity contribution in [2.45, 2.75) is 36.2 Å². The number of nitrogen functional groups attached to an aromatic ring is 1. The highest BCUT2D eigenvalue weighted by molar-refractivity contribution is 8.00. The third-order valence-electron chi connectivity index (χ3n) is 5.79. The van der Waals surface area contributed by atoms with Crippen molar-refractivity contribution in [3.05, 3.63) is 60.0 Å². The summed E-state index contributed by atoms with van der Waals surface area (Å²) in [6.07, 6.45) is 1.65. The summed E-state index contributed by atoms with van der Waals surface area (Å²) < 4.78 is 38.9. The molecule has 192 valence electrons. The van der Waals surface area contributed by atoms with E-state index in [0.717, 1.165) is 30.1 Å². The Balaban J connectivity index is 1.33. The molecule has 8 nitrogen and oxygen atoms in total. The summed E-state index contributed by atoms with van der Waals surface area (Å²) in [5.74, 6) is -0.375. The van der Waals surface area contributed by atoms with Gasteiger partial charge in [0.1, 0.15) is 12.0 Å². The Hall–Kier alpha value is -3.41. The van der Waals surface area contributed by atoms with Crippen molar-refractivity contribution >= 4 is 17.6 Å². The Bertz CT molecular complexity index is 1360. The zero-order valence-electron chi connectivity index (χ0n) is 20.2. The summed E-state index contributed by atoms with van der Waals surface area (Å²) >= 11 is 1.80. The number of aromatic nitrogens is 4. The first-order chi connectivity index (χ1) is 18.0. The number of alkyl halides is 1. The van der Waals surface area contributed by atoms with Gasteiger partial charge in [0.15, 0.2) is 11.5 Å². The molecule has 0 radical (unpaired) electrons. The van der Waals surface area contributed by atoms with Gasteiger partial charge in [-0.3, -0.25) is 0 Å². The second-order valence-electron chi connectivity index (χ2n) is 8.76. The average molecular weight is 525 g/mol. The third kappa shape index (κ3) is 6.12. The molecule has 2 atom stereocenters. The second-order valence-corrected chi connectivity index (χ2v) is 10.1. The molecule has 3 heterocycles. The molecule has 0 bridgehead atoms. The van der Waals surface area contributed by atoms with Crippen molar-refractivity contribution < 1.29 is 17.9 Å². The van der Waals surface area contributed by atoms with Crippen LogP contribution in [0.3, 0.4) is 0 Å². The zero-order valence-corrected chi connectivity index (χ0v) is 21.0. The van der Waals surface area contributed by atoms with Crippen LogP contribution in [0.5, 0.6) is 0 Å². The predicted molar refractivity (Wildman–Crippen MR) is 138 cm³/mol. The normalized spacial score (nSPS) is 16.2. The van der Waals surface area contributed by atoms with E-state index in [9.17, 15) is 8.78 Å². The largest absolute Gasteiger partial charge is 0.414 e. The Labute approximate surface area is 217 Å². The summed E-state index contributed by atoms with van der Waals surface area (Å²) in [6, 6.07) is 12.6. The van der Waals surface area contributed by atoms with Gasteiger partial charge in [0.05, 0.1) is 24.1 Å². The minimum Gasteiger partial charge on any atom is -0.414 e. The molecule has 1 aliphatic heterocycles. The molecule has 2 unspecified atom stereocenters. The number of anilines is 1. The Kier molecular flexibility index (Phi) is 7.73. The number of nitrogens with two attached hydrogens (primary N) is 1. The summed E-state index contributed by atoms with van der Waals surface area (Å²) in [5, 5.41) is 11.4. The quantitative estimate of drug-likeness (QED) is 0.315. The number of thioether (sulfide) groups is 1. The molecule has 0 amide bonds. The molecule has 1 saturated heterocycles. The lowest BCUT2D eigenvalue weighted by Gasteiger charge is -2.08. The van der Waals surface area contributed by atoms with E-state index in [1.807, 2.05) is 24.3 Å². The molecule has 11 heteroatoms. The molecule has 3 N–H and O–H groups in total. The fourth-order valence-corrected chi connectivity index (χ4v) is 4.94. The van der Waals surface area contributed by atoms with Gasteiger partial charge in [-0.25, -0.2) is 18.7 Å². The van der Waals surface area contributed by atoms with Crippen molar-refractivity contribution in [2.75, 3.05) is 25.5 Å². The first-order valence-electron chi connectivity index (χ1n) is 11.9. The van der Waals surface area contributed by atoms with Crippen LogP contribution in [0, 0.1) is 5.82 Å². The Morgan fingerprint density at radius 3 is 2.70 bits per heavy atom. The van der Waals surface area contributed by atoms with Crippen LogP contribution >= 0.6 is 11.8 Å². The van der Waals surface area contributed by atoms with Crippen molar-refractivity contribution in [1.82, 2.24) is 25.5 Å². The molecule has 0 saturated carbocycles. The lowest BCUT2D eigenvalue weighted by molar-refractivity contribution is 0.199. The van der Waals surface area contributed by atoms with Gasteiger partial charge in [-0.1, -0.05) is 18.2 Å². The first-order valence-corrected chi connectivity index (χ1v) is 12.8. The highest BCUT2D eigenvalue weighted by atomic mass is 32.2. The standard InChI is InChI=1S/C26H26F2N6O2S/c1-15(27)11-30-12-16-2-7-20(21(28)10-16)25-33-34-26(36-25)23-24(29)31-13-22(32-23)17-3-5-18(6-4-17)37-19-8-9-35-14-19/h2-7,10,13,15,19,30H,8-9,11-12,14H2,1H3,(H2,29,31). The number of hydrogen-bond acceptors (Lipinski definition) is 9. The molecular formula is C26H26F2N6O2S. The van der Waals surface area contributed by atoms with Crippen LogP contribution in [0.25, 0.3) is 34.3 Å². The molecule has 1 fully saturated rings. The van der Waals surface area contributed by atoms with E-state index in [1.54, 1.807) is 30.1 Å². The molecule has 37 heavy (non-hydrogen) atoms. The Morgan fingerprint density at radius 2 is 1.97 bits per heavy atom. The van der Waals surface area contributed by atoms with Crippen molar-refractivity contribution in [3.8, 4) is 34.3 Å². The highest BCUT2D eigenvalue weighted by Gasteiger charge is 2.20. The van der Waals surface area contributed by atoms with Gasteiger partial charge >= 0.3 is 0 Å². The topological polar surface area (TPSA) is 112 Å². The fraction of sp³-hybridized carbons (Fsp3) is 0.308. The van der Waals surface area contributed by atoms with Gasteiger partial charge < -0.3 is 20.2 Å². The molecule has 1 aliphatic rings. The van der Waals surface area contributed by atoms with Gasteiger partial charge in [0.2, 0.25) is 0 Å². The van der Waals surface area contributed by atoms with E-state index in [2.05, 4.69) is 25.5 Å². The van der Waals surface area contributed by atoms with Crippen LogP contribution in [0.15, 0.2) is 58.0 Å². The van der Waals surface area contributed by atoms with Crippen LogP contribution < -0.4 is 11.1 Å². The molecular weight excluding hydrogens is 498 g/mol. The number of ether oxygens (including phenoxy) is 1. The second kappa shape index (κ2) is 11.3. The SMILES string of the molecule is CC(F)CNCc1ccc(-c2nnc(-c3nc(-c4ccc(SC5CCOC5)cc4)cnc3N)o2)c(F)c1. The van der Waals surface area contributed by atoms with E-state index in [1.165, 1.54) is 13.0 Å². The van der Waals surface area contributed by atoms with Gasteiger partial charge in [-0.2, -0.15) is 0 Å². The molecule has 0 spiro atoms. The van der Waals surface area contributed by atoms with Crippen molar-refractivity contribution in [3.63, 3.8) is 0 Å². The molecule has 4 aromatic rings. The maximum absolute atomic E-state index is 14.8. The van der Waals surface area contributed by atoms with Crippen molar-refractivity contribution in [2.24, 2.45) is 0 Å². The summed E-state index contributed by atoms with van der Waals surface area (Å²) in [4.78, 5) is 10.00. The zero-order chi connectivity index (χ0) is 25.8. The lowest BCUT2D eigenvalue weighted by atomic mass is 10.1. The number of halogens is 2. The van der Waals surface area contributed by atoms with Gasteiger partial charge in [-0.05, 0) is 43.2 Å². The van der Waals surface area contributed by atoms with E-state index >= 15 is 0 Å². The molecule has 2 aromatic heterocycles. The van der Waals surface area contributed by atoms with Crippen LogP contribution in [-0.2, 0) is 11.3 Å². The minimum absolute atomic E-state index is 0.00624. The third-order valence-corrected chi connectivity index (χ3v) is 7.04. The van der Waals surface area contributed by atoms with Gasteiger partial charge in [-0.15, -0.1) is 22.0 Å². The van der Waals surface area contributed by atoms with Crippen LogP contribution in [0.2, 0.25) is 0 Å². The van der Waals surface area contributed by atoms with Gasteiger partial charge in [0, 0.05) is 35.4 Å². The maximum Gasteiger partial charge on any atom is 0.270 e. The van der Waals surface area contributed by atoms with E-state index in [0.29, 0.717) is 23.1 Å². The number of benzene rings is 2. The summed E-state index contributed by atoms with van der Waals surface area (Å²) in [6.45, 7) is 3.58. The van der Waals surface area contributed by atoms with E-state index < -0.39 is 12.0 Å². The number of hydrogen-bond donors (Lipinski definition) is 2. The molecule has 0 aliphatic carbocycles. The fourth-order valence-electron chi connectivity index (χ4n) is 3.88. The number of nitrogens with zero attached hydrogens (tertiary/aromatic N) is 4. The minimum atomic E-state index is -0.981. The van der Waals surface area contributed by atoms with Gasteiger partial charge in [0.25, 0.3) is 11.8 Å².